The molecule has 5 heteroatoms. The van der Waals surface area contributed by atoms with Gasteiger partial charge in [0.25, 0.3) is 5.91 Å². The Morgan fingerprint density at radius 3 is 2.50 bits per heavy atom. The highest BCUT2D eigenvalue weighted by Gasteiger charge is 2.22. The van der Waals surface area contributed by atoms with Crippen LogP contribution in [0.15, 0.2) is 6.20 Å². The summed E-state index contributed by atoms with van der Waals surface area (Å²) >= 11 is 0. The topological polar surface area (TPSA) is 58.9 Å². The Kier molecular flexibility index (Phi) is 6.20. The summed E-state index contributed by atoms with van der Waals surface area (Å²) in [4.78, 5) is 12.2. The van der Waals surface area contributed by atoms with Crippen LogP contribution in [0.3, 0.4) is 0 Å². The SMILES string of the molecule is CCCNCCNC(=O)c1cnn(C(C)(C)C)c1CC. The van der Waals surface area contributed by atoms with E-state index in [9.17, 15) is 4.79 Å². The van der Waals surface area contributed by atoms with Gasteiger partial charge >= 0.3 is 0 Å². The van der Waals surface area contributed by atoms with E-state index >= 15 is 0 Å². The van der Waals surface area contributed by atoms with Gasteiger partial charge in [-0.15, -0.1) is 0 Å². The second-order valence-corrected chi connectivity index (χ2v) is 5.95. The molecule has 5 nitrogen and oxygen atoms in total. The molecule has 1 aromatic heterocycles. The molecule has 1 heterocycles. The molecule has 0 aliphatic heterocycles. The first-order chi connectivity index (χ1) is 9.41. The van der Waals surface area contributed by atoms with Crippen LogP contribution in [0.2, 0.25) is 0 Å². The highest BCUT2D eigenvalue weighted by atomic mass is 16.1. The van der Waals surface area contributed by atoms with Crippen molar-refractivity contribution in [1.82, 2.24) is 20.4 Å². The van der Waals surface area contributed by atoms with Crippen LogP contribution in [0.5, 0.6) is 0 Å². The lowest BCUT2D eigenvalue weighted by Crippen LogP contribution is -2.33. The fraction of sp³-hybridized carbons (Fsp3) is 0.733. The fourth-order valence-corrected chi connectivity index (χ4v) is 2.14. The lowest BCUT2D eigenvalue weighted by atomic mass is 10.1. The van der Waals surface area contributed by atoms with Gasteiger partial charge in [0.15, 0.2) is 0 Å². The Bertz CT molecular complexity index is 432. The first-order valence-electron chi connectivity index (χ1n) is 7.48. The molecule has 0 spiro atoms. The van der Waals surface area contributed by atoms with Gasteiger partial charge in [-0.1, -0.05) is 13.8 Å². The summed E-state index contributed by atoms with van der Waals surface area (Å²) in [5, 5.41) is 10.6. The Hall–Kier alpha value is -1.36. The van der Waals surface area contributed by atoms with Crippen LogP contribution in [-0.2, 0) is 12.0 Å². The first-order valence-corrected chi connectivity index (χ1v) is 7.48. The molecule has 0 atom stereocenters. The van der Waals surface area contributed by atoms with E-state index in [0.29, 0.717) is 12.1 Å². The molecule has 2 N–H and O–H groups in total. The molecule has 0 unspecified atom stereocenters. The number of rotatable bonds is 7. The Balaban J connectivity index is 2.67. The zero-order valence-electron chi connectivity index (χ0n) is 13.4. The normalized spacial score (nSPS) is 11.7. The average Bonchev–Trinajstić information content (AvgIpc) is 2.81. The van der Waals surface area contributed by atoms with Gasteiger partial charge in [-0.3, -0.25) is 9.48 Å². The molecule has 0 radical (unpaired) electrons. The number of carbonyl (C=O) groups excluding carboxylic acids is 1. The molecule has 0 aromatic carbocycles. The monoisotopic (exact) mass is 280 g/mol. The van der Waals surface area contributed by atoms with E-state index in [2.05, 4.69) is 50.4 Å². The van der Waals surface area contributed by atoms with Gasteiger partial charge < -0.3 is 10.6 Å². The fourth-order valence-electron chi connectivity index (χ4n) is 2.14. The van der Waals surface area contributed by atoms with E-state index in [1.165, 1.54) is 0 Å². The van der Waals surface area contributed by atoms with Gasteiger partial charge in [0.05, 0.1) is 23.0 Å². The number of amides is 1. The summed E-state index contributed by atoms with van der Waals surface area (Å²) in [5.74, 6) is -0.0318. The van der Waals surface area contributed by atoms with Crippen molar-refractivity contribution in [3.05, 3.63) is 17.5 Å². The second-order valence-electron chi connectivity index (χ2n) is 5.95. The van der Waals surface area contributed by atoms with E-state index in [-0.39, 0.29) is 11.4 Å². The number of hydrogen-bond donors (Lipinski definition) is 2. The van der Waals surface area contributed by atoms with E-state index < -0.39 is 0 Å². The largest absolute Gasteiger partial charge is 0.351 e. The quantitative estimate of drug-likeness (QED) is 0.750. The third kappa shape index (κ3) is 4.34. The maximum Gasteiger partial charge on any atom is 0.254 e. The number of hydrogen-bond acceptors (Lipinski definition) is 3. The maximum atomic E-state index is 12.2. The maximum absolute atomic E-state index is 12.2. The third-order valence-electron chi connectivity index (χ3n) is 3.10. The van der Waals surface area contributed by atoms with Gasteiger partial charge in [0.2, 0.25) is 0 Å². The Labute approximate surface area is 122 Å². The highest BCUT2D eigenvalue weighted by Crippen LogP contribution is 2.19. The average molecular weight is 280 g/mol. The predicted molar refractivity (Wildman–Crippen MR) is 82.1 cm³/mol. The highest BCUT2D eigenvalue weighted by molar-refractivity contribution is 5.95. The minimum absolute atomic E-state index is 0.0318. The van der Waals surface area contributed by atoms with Crippen LogP contribution in [0.4, 0.5) is 0 Å². The molecule has 0 bridgehead atoms. The van der Waals surface area contributed by atoms with Crippen LogP contribution >= 0.6 is 0 Å². The Morgan fingerprint density at radius 1 is 1.25 bits per heavy atom. The summed E-state index contributed by atoms with van der Waals surface area (Å²) in [5.41, 5.74) is 1.58. The molecular weight excluding hydrogens is 252 g/mol. The zero-order valence-corrected chi connectivity index (χ0v) is 13.4. The molecule has 1 amide bonds. The van der Waals surface area contributed by atoms with Crippen molar-refractivity contribution in [3.8, 4) is 0 Å². The van der Waals surface area contributed by atoms with Crippen molar-refractivity contribution in [2.24, 2.45) is 0 Å². The molecule has 0 fully saturated rings. The van der Waals surface area contributed by atoms with Crippen LogP contribution in [-0.4, -0.2) is 35.3 Å². The van der Waals surface area contributed by atoms with Gasteiger partial charge in [0.1, 0.15) is 0 Å². The van der Waals surface area contributed by atoms with Crippen LogP contribution in [0.25, 0.3) is 0 Å². The molecule has 0 aliphatic carbocycles. The molecule has 20 heavy (non-hydrogen) atoms. The van der Waals surface area contributed by atoms with Crippen molar-refractivity contribution >= 4 is 5.91 Å². The number of nitrogens with zero attached hydrogens (tertiary/aromatic N) is 2. The Morgan fingerprint density at radius 2 is 1.95 bits per heavy atom. The molecule has 1 aromatic rings. The predicted octanol–water partition coefficient (Wildman–Crippen LogP) is 1.93. The van der Waals surface area contributed by atoms with Crippen molar-refractivity contribution in [2.75, 3.05) is 19.6 Å². The summed E-state index contributed by atoms with van der Waals surface area (Å²) in [7, 11) is 0. The second kappa shape index (κ2) is 7.43. The van der Waals surface area contributed by atoms with Crippen molar-refractivity contribution in [2.45, 2.75) is 53.0 Å². The van der Waals surface area contributed by atoms with E-state index in [1.54, 1.807) is 6.20 Å². The standard InChI is InChI=1S/C15H28N4O/c1-6-8-16-9-10-17-14(20)12-11-18-19(13(12)7-2)15(3,4)5/h11,16H,6-10H2,1-5H3,(H,17,20). The number of nitrogens with one attached hydrogen (secondary N) is 2. The molecule has 0 saturated heterocycles. The van der Waals surface area contributed by atoms with Crippen LogP contribution < -0.4 is 10.6 Å². The van der Waals surface area contributed by atoms with Crippen molar-refractivity contribution in [1.29, 1.82) is 0 Å². The van der Waals surface area contributed by atoms with Gasteiger partial charge in [0, 0.05) is 13.1 Å². The van der Waals surface area contributed by atoms with E-state index in [0.717, 1.165) is 31.6 Å². The molecule has 0 saturated carbocycles. The molecular formula is C15H28N4O. The summed E-state index contributed by atoms with van der Waals surface area (Å²) in [6, 6.07) is 0. The van der Waals surface area contributed by atoms with Crippen molar-refractivity contribution < 1.29 is 4.79 Å². The van der Waals surface area contributed by atoms with Gasteiger partial charge in [-0.05, 0) is 40.2 Å². The molecule has 0 aliphatic rings. The third-order valence-corrected chi connectivity index (χ3v) is 3.10. The van der Waals surface area contributed by atoms with E-state index in [4.69, 9.17) is 0 Å². The first kappa shape index (κ1) is 16.7. The minimum atomic E-state index is -0.105. The number of aromatic nitrogens is 2. The van der Waals surface area contributed by atoms with Gasteiger partial charge in [-0.2, -0.15) is 5.10 Å². The zero-order chi connectivity index (χ0) is 15.2. The summed E-state index contributed by atoms with van der Waals surface area (Å²) in [6.45, 7) is 12.9. The smallest absolute Gasteiger partial charge is 0.254 e. The summed E-state index contributed by atoms with van der Waals surface area (Å²) in [6.07, 6.45) is 3.58. The number of carbonyl (C=O) groups is 1. The van der Waals surface area contributed by atoms with Crippen LogP contribution in [0.1, 0.15) is 57.1 Å². The lowest BCUT2D eigenvalue weighted by Gasteiger charge is -2.22. The van der Waals surface area contributed by atoms with Crippen molar-refractivity contribution in [3.63, 3.8) is 0 Å². The summed E-state index contributed by atoms with van der Waals surface area (Å²) < 4.78 is 1.94. The van der Waals surface area contributed by atoms with Crippen LogP contribution in [0, 0.1) is 0 Å². The van der Waals surface area contributed by atoms with E-state index in [1.807, 2.05) is 4.68 Å². The molecule has 1 rings (SSSR count). The lowest BCUT2D eigenvalue weighted by molar-refractivity contribution is 0.0952. The van der Waals surface area contributed by atoms with Gasteiger partial charge in [-0.25, -0.2) is 0 Å². The molecule has 114 valence electrons. The minimum Gasteiger partial charge on any atom is -0.351 e.